The first-order valence-corrected chi connectivity index (χ1v) is 5.69. The Morgan fingerprint density at radius 1 is 1.19 bits per heavy atom. The summed E-state index contributed by atoms with van der Waals surface area (Å²) in [6.45, 7) is 6.38. The molecular weight excluding hydrogens is 202 g/mol. The summed E-state index contributed by atoms with van der Waals surface area (Å²) in [5.74, 6) is 0.892. The van der Waals surface area contributed by atoms with Crippen LogP contribution in [0.2, 0.25) is 0 Å². The third-order valence-electron chi connectivity index (χ3n) is 2.50. The summed E-state index contributed by atoms with van der Waals surface area (Å²) in [5.41, 5.74) is 6.40. The molecule has 2 atom stereocenters. The highest BCUT2D eigenvalue weighted by Crippen LogP contribution is 2.23. The molecule has 1 aromatic rings. The van der Waals surface area contributed by atoms with E-state index < -0.39 is 6.10 Å². The van der Waals surface area contributed by atoms with Crippen molar-refractivity contribution in [1.29, 1.82) is 0 Å². The third kappa shape index (κ3) is 3.51. The fourth-order valence-corrected chi connectivity index (χ4v) is 1.47. The summed E-state index contributed by atoms with van der Waals surface area (Å²) in [7, 11) is 0. The molecule has 1 rings (SSSR count). The van der Waals surface area contributed by atoms with Crippen LogP contribution in [0.5, 0.6) is 5.75 Å². The van der Waals surface area contributed by atoms with E-state index in [0.717, 1.165) is 11.3 Å². The minimum Gasteiger partial charge on any atom is -0.491 e. The lowest BCUT2D eigenvalue weighted by Gasteiger charge is -2.18. The molecule has 0 bridgehead atoms. The molecule has 90 valence electrons. The maximum atomic E-state index is 9.94. The molecule has 3 heteroatoms. The zero-order valence-electron chi connectivity index (χ0n) is 10.2. The molecular formula is C13H21NO2. The van der Waals surface area contributed by atoms with Crippen LogP contribution in [0.4, 0.5) is 0 Å². The van der Waals surface area contributed by atoms with E-state index in [9.17, 15) is 5.11 Å². The molecule has 16 heavy (non-hydrogen) atoms. The van der Waals surface area contributed by atoms with Gasteiger partial charge in [0.2, 0.25) is 0 Å². The molecule has 2 unspecified atom stereocenters. The van der Waals surface area contributed by atoms with Gasteiger partial charge in [-0.25, -0.2) is 0 Å². The predicted octanol–water partition coefficient (Wildman–Crippen LogP) is 2.10. The van der Waals surface area contributed by atoms with Gasteiger partial charge < -0.3 is 15.6 Å². The Morgan fingerprint density at radius 2 is 1.75 bits per heavy atom. The van der Waals surface area contributed by atoms with E-state index in [-0.39, 0.29) is 12.0 Å². The van der Waals surface area contributed by atoms with Crippen LogP contribution in [0.1, 0.15) is 32.4 Å². The van der Waals surface area contributed by atoms with Gasteiger partial charge in [0.25, 0.3) is 0 Å². The topological polar surface area (TPSA) is 55.5 Å². The lowest BCUT2D eigenvalue weighted by atomic mass is 9.98. The van der Waals surface area contributed by atoms with Gasteiger partial charge in [0.05, 0.1) is 12.2 Å². The summed E-state index contributed by atoms with van der Waals surface area (Å²) in [4.78, 5) is 0. The maximum absolute atomic E-state index is 9.94. The zero-order valence-corrected chi connectivity index (χ0v) is 10.2. The number of rotatable bonds is 5. The summed E-state index contributed by atoms with van der Waals surface area (Å²) < 4.78 is 5.53. The number of ether oxygens (including phenoxy) is 1. The van der Waals surface area contributed by atoms with Crippen molar-refractivity contribution in [1.82, 2.24) is 0 Å². The van der Waals surface area contributed by atoms with Gasteiger partial charge in [-0.3, -0.25) is 0 Å². The van der Waals surface area contributed by atoms with E-state index >= 15 is 0 Å². The SMILES string of the molecule is CC(C)Oc1ccc(C(O)C(C)CN)cc1. The molecule has 0 spiro atoms. The average Bonchev–Trinajstić information content (AvgIpc) is 2.27. The fourth-order valence-electron chi connectivity index (χ4n) is 1.47. The van der Waals surface area contributed by atoms with E-state index in [4.69, 9.17) is 10.5 Å². The highest BCUT2D eigenvalue weighted by molar-refractivity contribution is 5.28. The van der Waals surface area contributed by atoms with Gasteiger partial charge in [0, 0.05) is 0 Å². The Labute approximate surface area is 97.2 Å². The highest BCUT2D eigenvalue weighted by atomic mass is 16.5. The first kappa shape index (κ1) is 13.0. The summed E-state index contributed by atoms with van der Waals surface area (Å²) in [6, 6.07) is 7.52. The zero-order chi connectivity index (χ0) is 12.1. The van der Waals surface area contributed by atoms with E-state index in [0.29, 0.717) is 6.54 Å². The quantitative estimate of drug-likeness (QED) is 0.803. The first-order valence-electron chi connectivity index (χ1n) is 5.69. The van der Waals surface area contributed by atoms with Gasteiger partial charge in [-0.05, 0) is 44.0 Å². The van der Waals surface area contributed by atoms with Crippen molar-refractivity contribution in [2.45, 2.75) is 33.0 Å². The van der Waals surface area contributed by atoms with E-state index in [2.05, 4.69) is 0 Å². The Hall–Kier alpha value is -1.06. The van der Waals surface area contributed by atoms with Gasteiger partial charge in [-0.15, -0.1) is 0 Å². The van der Waals surface area contributed by atoms with Crippen LogP contribution in [-0.2, 0) is 0 Å². The number of hydrogen-bond acceptors (Lipinski definition) is 3. The average molecular weight is 223 g/mol. The summed E-state index contributed by atoms with van der Waals surface area (Å²) in [6.07, 6.45) is -0.336. The second kappa shape index (κ2) is 5.87. The van der Waals surface area contributed by atoms with E-state index in [1.54, 1.807) is 0 Å². The third-order valence-corrected chi connectivity index (χ3v) is 2.50. The molecule has 1 aromatic carbocycles. The number of nitrogens with two attached hydrogens (primary N) is 1. The monoisotopic (exact) mass is 223 g/mol. The number of hydrogen-bond donors (Lipinski definition) is 2. The van der Waals surface area contributed by atoms with Crippen molar-refractivity contribution in [3.05, 3.63) is 29.8 Å². The van der Waals surface area contributed by atoms with Crippen LogP contribution in [0, 0.1) is 5.92 Å². The molecule has 3 nitrogen and oxygen atoms in total. The molecule has 3 N–H and O–H groups in total. The van der Waals surface area contributed by atoms with Gasteiger partial charge in [0.1, 0.15) is 5.75 Å². The maximum Gasteiger partial charge on any atom is 0.119 e. The molecule has 0 amide bonds. The molecule has 0 aliphatic carbocycles. The van der Waals surface area contributed by atoms with Gasteiger partial charge in [0.15, 0.2) is 0 Å². The Morgan fingerprint density at radius 3 is 2.19 bits per heavy atom. The first-order chi connectivity index (χ1) is 7.54. The van der Waals surface area contributed by atoms with Crippen molar-refractivity contribution in [2.24, 2.45) is 11.7 Å². The summed E-state index contributed by atoms with van der Waals surface area (Å²) in [5, 5.41) is 9.94. The smallest absolute Gasteiger partial charge is 0.119 e. The van der Waals surface area contributed by atoms with Crippen molar-refractivity contribution in [3.8, 4) is 5.75 Å². The van der Waals surface area contributed by atoms with Gasteiger partial charge in [-0.2, -0.15) is 0 Å². The Bertz CT molecular complexity index is 308. The molecule has 0 heterocycles. The lowest BCUT2D eigenvalue weighted by Crippen LogP contribution is -2.18. The number of aliphatic hydroxyl groups is 1. The number of aliphatic hydroxyl groups excluding tert-OH is 1. The lowest BCUT2D eigenvalue weighted by molar-refractivity contribution is 0.121. The molecule has 0 saturated heterocycles. The van der Waals surface area contributed by atoms with Gasteiger partial charge in [-0.1, -0.05) is 19.1 Å². The molecule has 0 aliphatic rings. The molecule has 0 fully saturated rings. The second-order valence-electron chi connectivity index (χ2n) is 4.39. The summed E-state index contributed by atoms with van der Waals surface area (Å²) >= 11 is 0. The van der Waals surface area contributed by atoms with Crippen molar-refractivity contribution < 1.29 is 9.84 Å². The molecule has 0 aliphatic heterocycles. The Kier molecular flexibility index (Phi) is 4.77. The largest absolute Gasteiger partial charge is 0.491 e. The van der Waals surface area contributed by atoms with E-state index in [1.807, 2.05) is 45.0 Å². The van der Waals surface area contributed by atoms with Crippen LogP contribution < -0.4 is 10.5 Å². The molecule has 0 aromatic heterocycles. The second-order valence-corrected chi connectivity index (χ2v) is 4.39. The predicted molar refractivity (Wildman–Crippen MR) is 65.4 cm³/mol. The van der Waals surface area contributed by atoms with Crippen LogP contribution >= 0.6 is 0 Å². The van der Waals surface area contributed by atoms with Crippen LogP contribution in [0.25, 0.3) is 0 Å². The van der Waals surface area contributed by atoms with Crippen molar-refractivity contribution in [2.75, 3.05) is 6.54 Å². The minimum atomic E-state index is -0.502. The number of benzene rings is 1. The normalized spacial score (nSPS) is 14.9. The van der Waals surface area contributed by atoms with E-state index in [1.165, 1.54) is 0 Å². The minimum absolute atomic E-state index is 0.0665. The van der Waals surface area contributed by atoms with Crippen LogP contribution in [-0.4, -0.2) is 17.8 Å². The standard InChI is InChI=1S/C13H21NO2/c1-9(2)16-12-6-4-11(5-7-12)13(15)10(3)8-14/h4-7,9-10,13,15H,8,14H2,1-3H3. The highest BCUT2D eigenvalue weighted by Gasteiger charge is 2.14. The van der Waals surface area contributed by atoms with Crippen LogP contribution in [0.15, 0.2) is 24.3 Å². The fraction of sp³-hybridized carbons (Fsp3) is 0.538. The molecule has 0 radical (unpaired) electrons. The Balaban J connectivity index is 2.70. The van der Waals surface area contributed by atoms with Crippen molar-refractivity contribution in [3.63, 3.8) is 0 Å². The van der Waals surface area contributed by atoms with Crippen LogP contribution in [0.3, 0.4) is 0 Å². The molecule has 0 saturated carbocycles. The van der Waals surface area contributed by atoms with Gasteiger partial charge >= 0.3 is 0 Å². The van der Waals surface area contributed by atoms with Crippen molar-refractivity contribution >= 4 is 0 Å².